The van der Waals surface area contributed by atoms with Crippen molar-refractivity contribution in [3.63, 3.8) is 0 Å². The number of ether oxygens (including phenoxy) is 6. The van der Waals surface area contributed by atoms with Gasteiger partial charge in [-0.25, -0.2) is 0 Å². The van der Waals surface area contributed by atoms with Gasteiger partial charge >= 0.3 is 0 Å². The number of amides is 7. The zero-order chi connectivity index (χ0) is 65.4. The van der Waals surface area contributed by atoms with Crippen LogP contribution in [-0.4, -0.2) is 225 Å². The maximum atomic E-state index is 14.2. The molecule has 0 bridgehead atoms. The maximum Gasteiger partial charge on any atom is 0.244 e. The second-order valence-corrected chi connectivity index (χ2v) is 22.3. The highest BCUT2D eigenvalue weighted by Gasteiger charge is 2.30. The van der Waals surface area contributed by atoms with Gasteiger partial charge in [-0.15, -0.1) is 0 Å². The molecule has 0 radical (unpaired) electrons. The molecule has 0 spiro atoms. The van der Waals surface area contributed by atoms with Crippen LogP contribution >= 0.6 is 12.6 Å². The number of benzene rings is 2. The van der Waals surface area contributed by atoms with Crippen LogP contribution in [-0.2, 0) is 68.4 Å². The summed E-state index contributed by atoms with van der Waals surface area (Å²) in [6.07, 6.45) is 4.19. The van der Waals surface area contributed by atoms with Crippen LogP contribution < -0.4 is 64.6 Å². The Morgan fingerprint density at radius 1 is 0.528 bits per heavy atom. The van der Waals surface area contributed by atoms with E-state index in [0.717, 1.165) is 30.2 Å². The van der Waals surface area contributed by atoms with Crippen molar-refractivity contribution < 1.29 is 67.1 Å². The number of thiol groups is 1. The van der Waals surface area contributed by atoms with Gasteiger partial charge in [-0.2, -0.15) is 12.6 Å². The molecule has 28 heteroatoms. The zero-order valence-electron chi connectivity index (χ0n) is 53.2. The van der Waals surface area contributed by atoms with Gasteiger partial charge in [0.2, 0.25) is 41.4 Å². The van der Waals surface area contributed by atoms with Gasteiger partial charge in [-0.05, 0) is 80.8 Å². The summed E-state index contributed by atoms with van der Waals surface area (Å²) in [4.78, 5) is 94.2. The summed E-state index contributed by atoms with van der Waals surface area (Å²) < 4.78 is 33.1. The predicted octanol–water partition coefficient (Wildman–Crippen LogP) is -0.212. The Balaban J connectivity index is 1.91. The van der Waals surface area contributed by atoms with Gasteiger partial charge in [-0.3, -0.25) is 39.0 Å². The molecule has 2 aromatic rings. The fourth-order valence-electron chi connectivity index (χ4n) is 8.51. The summed E-state index contributed by atoms with van der Waals surface area (Å²) in [6, 6.07) is 8.47. The minimum Gasteiger partial charge on any atom is -0.391 e. The number of guanidine groups is 1. The lowest BCUT2D eigenvalue weighted by Gasteiger charge is -2.25. The number of unbranched alkanes of at least 4 members (excludes halogenated alkanes) is 2. The topological polar surface area (TPSA) is 391 Å². The second kappa shape index (κ2) is 49.9. The van der Waals surface area contributed by atoms with Crippen LogP contribution in [0.5, 0.6) is 0 Å². The number of carbonyl (C=O) groups excluding carboxylic acids is 7. The number of nitrogens with two attached hydrogens (primary N) is 2. The average Bonchev–Trinajstić information content (AvgIpc) is 3.64. The molecule has 0 fully saturated rings. The van der Waals surface area contributed by atoms with Crippen molar-refractivity contribution in [2.45, 2.75) is 154 Å². The second-order valence-electron chi connectivity index (χ2n) is 22.0. The molecule has 2 rings (SSSR count). The molecule has 506 valence electrons. The van der Waals surface area contributed by atoms with Gasteiger partial charge in [0.05, 0.1) is 98.0 Å². The summed E-state index contributed by atoms with van der Waals surface area (Å²) in [5.41, 5.74) is 12.5. The Kier molecular flexibility index (Phi) is 44.5. The minimum absolute atomic E-state index is 0.00675. The Labute approximate surface area is 531 Å². The minimum atomic E-state index is -1.24. The molecular weight excluding hydrogens is 1170 g/mol. The molecular formula is C61H107N13O14S. The van der Waals surface area contributed by atoms with E-state index in [1.807, 2.05) is 77.1 Å². The highest BCUT2D eigenvalue weighted by atomic mass is 32.1. The van der Waals surface area contributed by atoms with E-state index in [2.05, 4.69) is 65.8 Å². The van der Waals surface area contributed by atoms with Gasteiger partial charge in [-0.1, -0.05) is 83.5 Å². The SMILES string of the molecule is CC[C@@H](O)CNC(=O)CCOCCOCCOCCOCCOCCOCCNC(=O)C(CCCCNC(C)C)NC(=O)C(CS)NC(=O)CNC(=O)C(Cc1ccc2ccccc2c1)NC(=O)[C@@H](CCCNC(=N)N)NC(=O)C(N)CCCCNC(C)C. The highest BCUT2D eigenvalue weighted by Crippen LogP contribution is 2.17. The largest absolute Gasteiger partial charge is 0.391 e. The van der Waals surface area contributed by atoms with Crippen molar-refractivity contribution in [3.8, 4) is 0 Å². The molecule has 7 amide bonds. The van der Waals surface area contributed by atoms with E-state index < -0.39 is 78.3 Å². The van der Waals surface area contributed by atoms with Gasteiger partial charge in [0, 0.05) is 50.3 Å². The van der Waals surface area contributed by atoms with Crippen LogP contribution in [0.2, 0.25) is 0 Å². The quantitative estimate of drug-likeness (QED) is 0.0176. The number of nitrogens with one attached hydrogen (secondary N) is 11. The molecule has 4 unspecified atom stereocenters. The highest BCUT2D eigenvalue weighted by molar-refractivity contribution is 7.80. The summed E-state index contributed by atoms with van der Waals surface area (Å²) in [5, 5.41) is 47.3. The van der Waals surface area contributed by atoms with Crippen molar-refractivity contribution in [3.05, 3.63) is 48.0 Å². The zero-order valence-corrected chi connectivity index (χ0v) is 54.1. The molecule has 0 saturated carbocycles. The predicted molar refractivity (Wildman–Crippen MR) is 345 cm³/mol. The lowest BCUT2D eigenvalue weighted by molar-refractivity contribution is -0.133. The molecule has 89 heavy (non-hydrogen) atoms. The first-order valence-electron chi connectivity index (χ1n) is 31.4. The molecule has 16 N–H and O–H groups in total. The van der Waals surface area contributed by atoms with Gasteiger partial charge in [0.25, 0.3) is 0 Å². The number of hydrogen-bond acceptors (Lipinski definition) is 19. The van der Waals surface area contributed by atoms with E-state index >= 15 is 0 Å². The van der Waals surface area contributed by atoms with E-state index in [1.165, 1.54) is 0 Å². The molecule has 0 aliphatic carbocycles. The average molecular weight is 1280 g/mol. The number of hydrogen-bond donors (Lipinski definition) is 15. The van der Waals surface area contributed by atoms with Crippen molar-refractivity contribution >= 4 is 70.7 Å². The Morgan fingerprint density at radius 2 is 1.03 bits per heavy atom. The molecule has 0 aliphatic heterocycles. The van der Waals surface area contributed by atoms with Crippen LogP contribution in [0.15, 0.2) is 42.5 Å². The van der Waals surface area contributed by atoms with E-state index in [1.54, 1.807) is 0 Å². The third kappa shape index (κ3) is 39.8. The third-order valence-electron chi connectivity index (χ3n) is 13.6. The Bertz CT molecular complexity index is 2330. The molecule has 0 aromatic heterocycles. The normalized spacial score (nSPS) is 13.4. The van der Waals surface area contributed by atoms with E-state index in [0.29, 0.717) is 116 Å². The van der Waals surface area contributed by atoms with Crippen LogP contribution in [0.4, 0.5) is 0 Å². The van der Waals surface area contributed by atoms with E-state index in [4.69, 9.17) is 45.3 Å². The van der Waals surface area contributed by atoms with Crippen LogP contribution in [0.25, 0.3) is 10.8 Å². The standard InChI is InChI=1S/C61H107N13O14S/c1-6-48(75)40-69-54(76)21-26-83-28-30-85-32-34-87-36-37-88-35-33-86-31-29-84-27-25-67-57(79)50(17-10-12-23-66-44(4)5)73-60(82)53(42-89)71-55(77)41-70-58(80)52(39-45-19-20-46-14-7-8-15-47(46)38-45)74-59(81)51(18-13-24-68-61(63)64)72-56(78)49(62)16-9-11-22-65-43(2)3/h7-8,14-15,19-20,38,43-44,48-53,65-66,75,89H,6,9-13,16-18,21-37,39-42,62H2,1-5H3,(H,67,79)(H,69,76)(H,70,80)(H,71,77)(H,72,78)(H,73,82)(H,74,81)(H4,63,64,68)/t48-,49?,50?,51-,52?,53?/m1/s1. The number of aliphatic hydroxyl groups is 1. The number of rotatable bonds is 54. The molecule has 2 aromatic carbocycles. The summed E-state index contributed by atoms with van der Waals surface area (Å²) in [6.45, 7) is 15.5. The van der Waals surface area contributed by atoms with E-state index in [9.17, 15) is 38.7 Å². The van der Waals surface area contributed by atoms with Crippen molar-refractivity contribution in [1.82, 2.24) is 53.2 Å². The summed E-state index contributed by atoms with van der Waals surface area (Å²) >= 11 is 4.33. The lowest BCUT2D eigenvalue weighted by Crippen LogP contribution is -2.57. The first kappa shape index (κ1) is 79.3. The molecule has 0 saturated heterocycles. The fraction of sp³-hybridized carbons (Fsp3) is 0.705. The lowest BCUT2D eigenvalue weighted by atomic mass is 10.0. The first-order chi connectivity index (χ1) is 42.8. The fourth-order valence-corrected chi connectivity index (χ4v) is 8.76. The number of carbonyl (C=O) groups is 7. The number of fused-ring (bicyclic) bond motifs is 1. The van der Waals surface area contributed by atoms with Crippen molar-refractivity contribution in [1.29, 1.82) is 5.41 Å². The molecule has 0 heterocycles. The van der Waals surface area contributed by atoms with Crippen molar-refractivity contribution in [2.24, 2.45) is 11.5 Å². The molecule has 6 atom stereocenters. The van der Waals surface area contributed by atoms with Crippen molar-refractivity contribution in [2.75, 3.05) is 124 Å². The summed E-state index contributed by atoms with van der Waals surface area (Å²) in [7, 11) is 0. The Morgan fingerprint density at radius 3 is 1.61 bits per heavy atom. The van der Waals surface area contributed by atoms with Gasteiger partial charge in [0.15, 0.2) is 5.96 Å². The first-order valence-corrected chi connectivity index (χ1v) is 32.0. The van der Waals surface area contributed by atoms with Crippen LogP contribution in [0, 0.1) is 5.41 Å². The van der Waals surface area contributed by atoms with Crippen LogP contribution in [0.1, 0.15) is 104 Å². The number of aliphatic hydroxyl groups excluding tert-OH is 1. The monoisotopic (exact) mass is 1280 g/mol. The smallest absolute Gasteiger partial charge is 0.244 e. The molecule has 27 nitrogen and oxygen atoms in total. The Hall–Kier alpha value is -5.79. The van der Waals surface area contributed by atoms with Gasteiger partial charge in [0.1, 0.15) is 24.2 Å². The van der Waals surface area contributed by atoms with Crippen LogP contribution in [0.3, 0.4) is 0 Å². The maximum absolute atomic E-state index is 14.2. The summed E-state index contributed by atoms with van der Waals surface area (Å²) in [5.74, 6) is -4.32. The van der Waals surface area contributed by atoms with Gasteiger partial charge < -0.3 is 98.2 Å². The van der Waals surface area contributed by atoms with E-state index in [-0.39, 0.29) is 82.4 Å². The third-order valence-corrected chi connectivity index (χ3v) is 13.9. The molecule has 0 aliphatic rings.